The molecular weight excluding hydrogens is 369 g/mol. The monoisotopic (exact) mass is 392 g/mol. The topological polar surface area (TPSA) is 83.2 Å². The van der Waals surface area contributed by atoms with Gasteiger partial charge in [-0.25, -0.2) is 4.79 Å². The first kappa shape index (κ1) is 21.2. The lowest BCUT2D eigenvalue weighted by molar-refractivity contribution is -0.192. The summed E-state index contributed by atoms with van der Waals surface area (Å²) in [6.45, 7) is 5.20. The van der Waals surface area contributed by atoms with E-state index in [0.29, 0.717) is 24.1 Å². The fourth-order valence-electron chi connectivity index (χ4n) is 3.36. The molecule has 10 heteroatoms. The van der Waals surface area contributed by atoms with Crippen LogP contribution in [0.2, 0.25) is 0 Å². The van der Waals surface area contributed by atoms with Gasteiger partial charge in [0.25, 0.3) is 5.91 Å². The molecule has 1 aromatic rings. The quantitative estimate of drug-likeness (QED) is 0.846. The number of furan rings is 1. The van der Waals surface area contributed by atoms with Crippen molar-refractivity contribution in [2.24, 2.45) is 11.8 Å². The zero-order chi connectivity index (χ0) is 20.4. The van der Waals surface area contributed by atoms with E-state index in [-0.39, 0.29) is 12.0 Å². The number of halogens is 3. The molecule has 2 saturated heterocycles. The molecule has 1 amide bonds. The van der Waals surface area contributed by atoms with Crippen molar-refractivity contribution in [1.82, 2.24) is 9.80 Å². The number of likely N-dealkylation sites (tertiary alicyclic amines) is 1. The smallest absolute Gasteiger partial charge is 0.475 e. The molecule has 7 nitrogen and oxygen atoms in total. The Morgan fingerprint density at radius 2 is 1.96 bits per heavy atom. The molecule has 0 radical (unpaired) electrons. The number of carboxylic acid groups (broad SMARTS) is 1. The van der Waals surface area contributed by atoms with E-state index >= 15 is 0 Å². The van der Waals surface area contributed by atoms with Crippen molar-refractivity contribution in [2.75, 3.05) is 40.3 Å². The van der Waals surface area contributed by atoms with Crippen LogP contribution >= 0.6 is 0 Å². The average Bonchev–Trinajstić information content (AvgIpc) is 3.23. The number of hydrogen-bond acceptors (Lipinski definition) is 5. The van der Waals surface area contributed by atoms with Crippen LogP contribution in [-0.4, -0.2) is 79.4 Å². The minimum atomic E-state index is -5.08. The highest BCUT2D eigenvalue weighted by Crippen LogP contribution is 2.34. The Balaban J connectivity index is 0.000000321. The summed E-state index contributed by atoms with van der Waals surface area (Å²) in [5.41, 5.74) is 0.901. The summed E-state index contributed by atoms with van der Waals surface area (Å²) in [7, 11) is 4.16. The summed E-state index contributed by atoms with van der Waals surface area (Å²) in [6.07, 6.45) is -3.32. The summed E-state index contributed by atoms with van der Waals surface area (Å²) < 4.78 is 42.9. The van der Waals surface area contributed by atoms with Gasteiger partial charge in [0.2, 0.25) is 0 Å². The summed E-state index contributed by atoms with van der Waals surface area (Å²) in [6, 6.07) is 1.83. The van der Waals surface area contributed by atoms with Gasteiger partial charge in [-0.2, -0.15) is 13.2 Å². The molecule has 152 valence electrons. The molecule has 3 atom stereocenters. The molecule has 27 heavy (non-hydrogen) atoms. The van der Waals surface area contributed by atoms with Crippen LogP contribution < -0.4 is 0 Å². The van der Waals surface area contributed by atoms with Crippen LogP contribution in [0.25, 0.3) is 0 Å². The number of aryl methyl sites for hydroxylation is 1. The van der Waals surface area contributed by atoms with Crippen molar-refractivity contribution in [3.8, 4) is 0 Å². The van der Waals surface area contributed by atoms with Crippen LogP contribution in [0, 0.1) is 18.8 Å². The van der Waals surface area contributed by atoms with E-state index in [2.05, 4.69) is 19.0 Å². The Labute approximate surface area is 154 Å². The zero-order valence-electron chi connectivity index (χ0n) is 15.3. The molecule has 0 bridgehead atoms. The minimum Gasteiger partial charge on any atom is -0.475 e. The highest BCUT2D eigenvalue weighted by molar-refractivity contribution is 5.93. The van der Waals surface area contributed by atoms with E-state index in [1.165, 1.54) is 0 Å². The molecule has 0 spiro atoms. The Morgan fingerprint density at radius 3 is 2.44 bits per heavy atom. The van der Waals surface area contributed by atoms with Crippen LogP contribution in [0.5, 0.6) is 0 Å². The number of aliphatic carboxylic acids is 1. The average molecular weight is 392 g/mol. The van der Waals surface area contributed by atoms with Crippen molar-refractivity contribution >= 4 is 11.9 Å². The lowest BCUT2D eigenvalue weighted by atomic mass is 9.93. The fraction of sp³-hybridized carbons (Fsp3) is 0.647. The maximum absolute atomic E-state index is 12.5. The summed E-state index contributed by atoms with van der Waals surface area (Å²) in [5.74, 6) is -1.32. The first-order chi connectivity index (χ1) is 12.5. The van der Waals surface area contributed by atoms with E-state index in [1.54, 1.807) is 6.26 Å². The maximum Gasteiger partial charge on any atom is 0.490 e. The van der Waals surface area contributed by atoms with Gasteiger partial charge in [0.05, 0.1) is 19.0 Å². The van der Waals surface area contributed by atoms with Gasteiger partial charge in [0.1, 0.15) is 0 Å². The predicted octanol–water partition coefficient (Wildman–Crippen LogP) is 1.87. The van der Waals surface area contributed by atoms with Crippen LogP contribution in [-0.2, 0) is 9.53 Å². The van der Waals surface area contributed by atoms with Crippen molar-refractivity contribution in [2.45, 2.75) is 19.2 Å². The molecule has 0 unspecified atom stereocenters. The Bertz CT molecular complexity index is 674. The molecular formula is C17H23F3N2O5. The third-order valence-corrected chi connectivity index (χ3v) is 4.62. The third-order valence-electron chi connectivity index (χ3n) is 4.62. The summed E-state index contributed by atoms with van der Waals surface area (Å²) in [4.78, 5) is 25.4. The number of ether oxygens (including phenoxy) is 1. The normalized spacial score (nSPS) is 24.6. The van der Waals surface area contributed by atoms with E-state index < -0.39 is 12.1 Å². The van der Waals surface area contributed by atoms with E-state index in [1.807, 2.05) is 17.9 Å². The van der Waals surface area contributed by atoms with E-state index in [0.717, 1.165) is 25.3 Å². The van der Waals surface area contributed by atoms with Gasteiger partial charge in [-0.05, 0) is 27.1 Å². The third kappa shape index (κ3) is 5.23. The van der Waals surface area contributed by atoms with E-state index in [9.17, 15) is 18.0 Å². The number of carboxylic acids is 1. The number of carbonyl (C=O) groups is 2. The molecule has 2 fully saturated rings. The van der Waals surface area contributed by atoms with Crippen molar-refractivity contribution in [3.05, 3.63) is 23.7 Å². The standard InChI is InChI=1S/C15H22N2O3.C2HF3O2/c1-10-4-5-19-14(10)15(18)17-7-12-11(6-16(2)3)9-20-13(12)8-17;3-2(4,5)1(6)7/h4-5,11-13H,6-9H2,1-3H3;(H,6,7)/t11-,12-,13-;/m1./s1. The second kappa shape index (κ2) is 8.30. The Kier molecular flexibility index (Phi) is 6.53. The summed E-state index contributed by atoms with van der Waals surface area (Å²) in [5, 5.41) is 7.12. The van der Waals surface area contributed by atoms with Gasteiger partial charge in [-0.15, -0.1) is 0 Å². The SMILES string of the molecule is Cc1ccoc1C(=O)N1C[C@@H]2[C@H](CN(C)C)CO[C@@H]2C1.O=C(O)C(F)(F)F. The molecule has 1 N–H and O–H groups in total. The van der Waals surface area contributed by atoms with Gasteiger partial charge >= 0.3 is 12.1 Å². The van der Waals surface area contributed by atoms with Gasteiger partial charge in [0.15, 0.2) is 5.76 Å². The predicted molar refractivity (Wildman–Crippen MR) is 88.3 cm³/mol. The number of alkyl halides is 3. The highest BCUT2D eigenvalue weighted by atomic mass is 19.4. The minimum absolute atomic E-state index is 0.00546. The molecule has 1 aromatic heterocycles. The zero-order valence-corrected chi connectivity index (χ0v) is 15.3. The second-order valence-corrected chi connectivity index (χ2v) is 7.00. The largest absolute Gasteiger partial charge is 0.490 e. The van der Waals surface area contributed by atoms with E-state index in [4.69, 9.17) is 19.1 Å². The van der Waals surface area contributed by atoms with Crippen molar-refractivity contribution in [3.63, 3.8) is 0 Å². The first-order valence-corrected chi connectivity index (χ1v) is 8.40. The number of rotatable bonds is 3. The maximum atomic E-state index is 12.5. The number of amides is 1. The molecule has 0 aromatic carbocycles. The van der Waals surface area contributed by atoms with Crippen molar-refractivity contribution < 1.29 is 37.0 Å². The van der Waals surface area contributed by atoms with Crippen LogP contribution in [0.15, 0.2) is 16.7 Å². The number of fused-ring (bicyclic) bond motifs is 1. The molecule has 2 aliphatic rings. The first-order valence-electron chi connectivity index (χ1n) is 8.40. The van der Waals surface area contributed by atoms with Crippen molar-refractivity contribution in [1.29, 1.82) is 0 Å². The number of nitrogens with zero attached hydrogens (tertiary/aromatic N) is 2. The van der Waals surface area contributed by atoms with Crippen LogP contribution in [0.4, 0.5) is 13.2 Å². The highest BCUT2D eigenvalue weighted by Gasteiger charge is 2.45. The fourth-order valence-corrected chi connectivity index (χ4v) is 3.36. The molecule has 0 aliphatic carbocycles. The lowest BCUT2D eigenvalue weighted by Gasteiger charge is -2.21. The van der Waals surface area contributed by atoms with Gasteiger partial charge in [0, 0.05) is 37.0 Å². The molecule has 3 rings (SSSR count). The Morgan fingerprint density at radius 1 is 1.33 bits per heavy atom. The van der Waals surface area contributed by atoms with Gasteiger partial charge < -0.3 is 24.1 Å². The van der Waals surface area contributed by atoms with Crippen LogP contribution in [0.1, 0.15) is 16.1 Å². The summed E-state index contributed by atoms with van der Waals surface area (Å²) >= 11 is 0. The lowest BCUT2D eigenvalue weighted by Crippen LogP contribution is -2.33. The van der Waals surface area contributed by atoms with Crippen LogP contribution in [0.3, 0.4) is 0 Å². The van der Waals surface area contributed by atoms with Gasteiger partial charge in [-0.1, -0.05) is 0 Å². The number of carbonyl (C=O) groups excluding carboxylic acids is 1. The Hall–Kier alpha value is -2.07. The van der Waals surface area contributed by atoms with Gasteiger partial charge in [-0.3, -0.25) is 4.79 Å². The molecule has 2 aliphatic heterocycles. The molecule has 0 saturated carbocycles. The molecule has 3 heterocycles. The number of hydrogen-bond donors (Lipinski definition) is 1. The second-order valence-electron chi connectivity index (χ2n) is 7.00.